The molecule has 1 atom stereocenters. The normalized spacial score (nSPS) is 12.5. The van der Waals surface area contributed by atoms with E-state index in [-0.39, 0.29) is 23.7 Å². The van der Waals surface area contributed by atoms with Crippen molar-refractivity contribution in [1.29, 1.82) is 0 Å². The molecule has 0 fully saturated rings. The van der Waals surface area contributed by atoms with Gasteiger partial charge in [0.15, 0.2) is 0 Å². The van der Waals surface area contributed by atoms with Gasteiger partial charge in [-0.05, 0) is 15.8 Å². The number of aromatic amines is 1. The van der Waals surface area contributed by atoms with Crippen LogP contribution in [0.5, 0.6) is 0 Å². The van der Waals surface area contributed by atoms with Crippen LogP contribution >= 0.6 is 0 Å². The summed E-state index contributed by atoms with van der Waals surface area (Å²) in [6.45, 7) is 5.19. The van der Waals surface area contributed by atoms with Crippen LogP contribution in [0.1, 0.15) is 32.6 Å². The van der Waals surface area contributed by atoms with Crippen LogP contribution in [0.3, 0.4) is 0 Å². The van der Waals surface area contributed by atoms with Crippen LogP contribution in [-0.2, 0) is 4.79 Å². The predicted octanol–water partition coefficient (Wildman–Crippen LogP) is 1.15. The largest absolute Gasteiger partial charge is 0.381 e. The zero-order chi connectivity index (χ0) is 12.3. The number of imidazole rings is 1. The highest BCUT2D eigenvalue weighted by Crippen LogP contribution is 2.20. The van der Waals surface area contributed by atoms with Crippen molar-refractivity contribution in [2.75, 3.05) is 0 Å². The number of aromatic nitrogens is 2. The van der Waals surface area contributed by atoms with Crippen molar-refractivity contribution in [3.05, 3.63) is 22.1 Å². The van der Waals surface area contributed by atoms with Gasteiger partial charge in [0.25, 0.3) is 0 Å². The van der Waals surface area contributed by atoms with Gasteiger partial charge in [0.1, 0.15) is 12.2 Å². The van der Waals surface area contributed by atoms with Crippen LogP contribution in [0.25, 0.3) is 0 Å². The Morgan fingerprint density at radius 3 is 2.62 bits per heavy atom. The first kappa shape index (κ1) is 12.2. The molecule has 1 rings (SSSR count). The van der Waals surface area contributed by atoms with E-state index in [0.717, 1.165) is 0 Å². The van der Waals surface area contributed by atoms with E-state index >= 15 is 0 Å². The van der Waals surface area contributed by atoms with Crippen LogP contribution in [-0.4, -0.2) is 20.8 Å². The number of carbonyl (C=O) groups is 1. The average Bonchev–Trinajstić information content (AvgIpc) is 2.61. The van der Waals surface area contributed by atoms with Crippen LogP contribution in [0.2, 0.25) is 0 Å². The van der Waals surface area contributed by atoms with Gasteiger partial charge < -0.3 is 20.4 Å². The minimum Gasteiger partial charge on any atom is -0.358 e. The Bertz CT molecular complexity index is 399. The molecule has 0 saturated heterocycles. The highest BCUT2D eigenvalue weighted by molar-refractivity contribution is 5.73. The molecule has 0 saturated carbocycles. The maximum absolute atomic E-state index is 11.0. The molecule has 1 aromatic heterocycles. The molecule has 2 N–H and O–H groups in total. The van der Waals surface area contributed by atoms with Gasteiger partial charge in [-0.3, -0.25) is 4.79 Å². The first-order valence-corrected chi connectivity index (χ1v) is 4.88. The summed E-state index contributed by atoms with van der Waals surface area (Å²) < 4.78 is 0. The van der Waals surface area contributed by atoms with Gasteiger partial charge in [-0.25, -0.2) is 0 Å². The summed E-state index contributed by atoms with van der Waals surface area (Å²) >= 11 is 0. The number of amides is 1. The van der Waals surface area contributed by atoms with Crippen molar-refractivity contribution in [3.8, 4) is 0 Å². The first-order valence-electron chi connectivity index (χ1n) is 4.88. The summed E-state index contributed by atoms with van der Waals surface area (Å²) in [5, 5.41) is 13.2. The lowest BCUT2D eigenvalue weighted by molar-refractivity contribution is -0.389. The molecular formula is C9H14N4O3. The van der Waals surface area contributed by atoms with E-state index in [2.05, 4.69) is 15.3 Å². The van der Waals surface area contributed by atoms with Crippen LogP contribution in [0.4, 0.5) is 5.82 Å². The van der Waals surface area contributed by atoms with Crippen molar-refractivity contribution >= 4 is 11.7 Å². The quantitative estimate of drug-likeness (QED) is 0.594. The van der Waals surface area contributed by atoms with Crippen molar-refractivity contribution in [2.45, 2.75) is 26.8 Å². The Morgan fingerprint density at radius 1 is 1.62 bits per heavy atom. The number of H-pyrrole nitrogens is 1. The molecule has 0 aromatic carbocycles. The molecule has 0 aliphatic rings. The fraction of sp³-hybridized carbons (Fsp3) is 0.556. The molecule has 1 amide bonds. The monoisotopic (exact) mass is 226 g/mol. The molecule has 0 aliphatic carbocycles. The van der Waals surface area contributed by atoms with Crippen molar-refractivity contribution in [3.63, 3.8) is 0 Å². The molecule has 0 aliphatic heterocycles. The highest BCUT2D eigenvalue weighted by Gasteiger charge is 2.25. The molecule has 0 spiro atoms. The smallest absolute Gasteiger partial charge is 0.358 e. The molecule has 7 nitrogen and oxygen atoms in total. The van der Waals surface area contributed by atoms with E-state index < -0.39 is 4.92 Å². The van der Waals surface area contributed by atoms with E-state index in [4.69, 9.17) is 0 Å². The number of nitrogens with one attached hydrogen (secondary N) is 2. The maximum Gasteiger partial charge on any atom is 0.381 e. The molecule has 0 unspecified atom stereocenters. The molecule has 88 valence electrons. The molecule has 0 bridgehead atoms. The molecule has 1 heterocycles. The summed E-state index contributed by atoms with van der Waals surface area (Å²) in [5.74, 6) is 0.0512. The van der Waals surface area contributed by atoms with Gasteiger partial charge in [0, 0.05) is 6.92 Å². The highest BCUT2D eigenvalue weighted by atomic mass is 16.6. The number of hydrogen-bond donors (Lipinski definition) is 2. The summed E-state index contributed by atoms with van der Waals surface area (Å²) in [6, 6.07) is -0.341. The Balaban J connectivity index is 2.92. The summed E-state index contributed by atoms with van der Waals surface area (Å²) in [4.78, 5) is 27.4. The lowest BCUT2D eigenvalue weighted by atomic mass is 10.0. The molecule has 7 heteroatoms. The van der Waals surface area contributed by atoms with Crippen molar-refractivity contribution < 1.29 is 9.72 Å². The van der Waals surface area contributed by atoms with Gasteiger partial charge in [0.05, 0.1) is 0 Å². The predicted molar refractivity (Wildman–Crippen MR) is 56.6 cm³/mol. The minimum absolute atomic E-state index is 0.0923. The fourth-order valence-electron chi connectivity index (χ4n) is 1.35. The average molecular weight is 226 g/mol. The van der Waals surface area contributed by atoms with E-state index in [0.29, 0.717) is 5.82 Å². The SMILES string of the molecule is CC(=O)N[C@H](c1nc([N+](=O)[O-])c[nH]1)C(C)C. The topological polar surface area (TPSA) is 101 Å². The fourth-order valence-corrected chi connectivity index (χ4v) is 1.35. The number of hydrogen-bond acceptors (Lipinski definition) is 4. The van der Waals surface area contributed by atoms with Gasteiger partial charge in [-0.1, -0.05) is 13.8 Å². The number of carbonyl (C=O) groups excluding carboxylic acids is 1. The van der Waals surface area contributed by atoms with Gasteiger partial charge in [-0.15, -0.1) is 0 Å². The number of nitro groups is 1. The van der Waals surface area contributed by atoms with Gasteiger partial charge in [0.2, 0.25) is 11.7 Å². The van der Waals surface area contributed by atoms with E-state index in [1.807, 2.05) is 13.8 Å². The first-order chi connectivity index (χ1) is 7.41. The second-order valence-corrected chi connectivity index (χ2v) is 3.82. The third kappa shape index (κ3) is 2.78. The third-order valence-electron chi connectivity index (χ3n) is 2.09. The van der Waals surface area contributed by atoms with E-state index in [9.17, 15) is 14.9 Å². The second-order valence-electron chi connectivity index (χ2n) is 3.82. The number of rotatable bonds is 4. The third-order valence-corrected chi connectivity index (χ3v) is 2.09. The number of nitrogens with zero attached hydrogens (tertiary/aromatic N) is 2. The Morgan fingerprint density at radius 2 is 2.25 bits per heavy atom. The molecule has 16 heavy (non-hydrogen) atoms. The van der Waals surface area contributed by atoms with E-state index in [1.54, 1.807) is 0 Å². The second kappa shape index (κ2) is 4.73. The van der Waals surface area contributed by atoms with Crippen molar-refractivity contribution in [2.24, 2.45) is 5.92 Å². The molecule has 0 radical (unpaired) electrons. The zero-order valence-corrected chi connectivity index (χ0v) is 9.35. The lowest BCUT2D eigenvalue weighted by Crippen LogP contribution is -2.30. The Labute approximate surface area is 92.4 Å². The van der Waals surface area contributed by atoms with Crippen LogP contribution in [0, 0.1) is 16.0 Å². The minimum atomic E-state index is -0.578. The molecule has 1 aromatic rings. The standard InChI is InChI=1S/C9H14N4O3/c1-5(2)8(11-6(3)14)9-10-4-7(12-9)13(15)16/h4-5,8H,1-3H3,(H,10,12)(H,11,14)/t8-/m0/s1. The Hall–Kier alpha value is -1.92. The zero-order valence-electron chi connectivity index (χ0n) is 9.35. The molecular weight excluding hydrogens is 212 g/mol. The maximum atomic E-state index is 11.0. The lowest BCUT2D eigenvalue weighted by Gasteiger charge is -2.16. The van der Waals surface area contributed by atoms with Crippen LogP contribution in [0.15, 0.2) is 6.20 Å². The van der Waals surface area contributed by atoms with Crippen LogP contribution < -0.4 is 5.32 Å². The summed E-state index contributed by atoms with van der Waals surface area (Å²) in [7, 11) is 0. The van der Waals surface area contributed by atoms with E-state index in [1.165, 1.54) is 13.1 Å². The summed E-state index contributed by atoms with van der Waals surface area (Å²) in [6.07, 6.45) is 1.21. The van der Waals surface area contributed by atoms with Gasteiger partial charge >= 0.3 is 5.82 Å². The van der Waals surface area contributed by atoms with Crippen molar-refractivity contribution in [1.82, 2.24) is 15.3 Å². The summed E-state index contributed by atoms with van der Waals surface area (Å²) in [5.41, 5.74) is 0. The van der Waals surface area contributed by atoms with Gasteiger partial charge in [-0.2, -0.15) is 0 Å². The Kier molecular flexibility index (Phi) is 3.60.